The maximum absolute atomic E-state index is 10.2. The monoisotopic (exact) mass is 904 g/mol. The second-order valence-electron chi connectivity index (χ2n) is 13.3. The van der Waals surface area contributed by atoms with Crippen LogP contribution in [0.5, 0.6) is 0 Å². The van der Waals surface area contributed by atoms with Crippen LogP contribution in [0.15, 0.2) is 153 Å². The summed E-state index contributed by atoms with van der Waals surface area (Å²) in [7, 11) is -8.25. The molecule has 0 saturated heterocycles. The number of hydrogen-bond acceptors (Lipinski definition) is 14. The predicted molar refractivity (Wildman–Crippen MR) is 242 cm³/mol. The van der Waals surface area contributed by atoms with Crippen molar-refractivity contribution in [2.75, 3.05) is 36.0 Å². The highest BCUT2D eigenvalue weighted by atomic mass is 32.2. The SMILES string of the molecule is CCN(CCCN(CC)c1ccc(N=Nc2scc[n+]2CC)cc1)c1ccc(N=Nc2scc[n+]2CC)cc1.O=S(=O)([O-])Cc1ccccc1.O=S(=O)([O-])Cc1ccccc1. The Morgan fingerprint density at radius 2 is 0.885 bits per heavy atom. The summed E-state index contributed by atoms with van der Waals surface area (Å²) >= 11 is 3.20. The van der Waals surface area contributed by atoms with Crippen LogP contribution in [-0.4, -0.2) is 52.1 Å². The fraction of sp³-hybridized carbons (Fsp3) is 0.302. The third kappa shape index (κ3) is 17.7. The largest absolute Gasteiger partial charge is 0.748 e. The van der Waals surface area contributed by atoms with Crippen molar-refractivity contribution in [1.82, 2.24) is 0 Å². The van der Waals surface area contributed by atoms with Gasteiger partial charge in [0.25, 0.3) is 0 Å². The lowest BCUT2D eigenvalue weighted by Crippen LogP contribution is -2.30. The van der Waals surface area contributed by atoms with Gasteiger partial charge >= 0.3 is 10.3 Å². The van der Waals surface area contributed by atoms with E-state index in [1.807, 2.05) is 47.4 Å². The summed E-state index contributed by atoms with van der Waals surface area (Å²) in [6.07, 6.45) is 5.14. The summed E-state index contributed by atoms with van der Waals surface area (Å²) < 4.78 is 65.7. The Balaban J connectivity index is 0.000000301. The van der Waals surface area contributed by atoms with E-state index < -0.39 is 31.7 Å². The first-order chi connectivity index (χ1) is 29.3. The van der Waals surface area contributed by atoms with Gasteiger partial charge in [-0.1, -0.05) is 60.7 Å². The average Bonchev–Trinajstić information content (AvgIpc) is 3.92. The second kappa shape index (κ2) is 24.9. The third-order valence-electron chi connectivity index (χ3n) is 8.93. The Morgan fingerprint density at radius 3 is 1.20 bits per heavy atom. The van der Waals surface area contributed by atoms with Crippen molar-refractivity contribution in [3.05, 3.63) is 143 Å². The van der Waals surface area contributed by atoms with Gasteiger partial charge in [0.05, 0.1) is 55.1 Å². The van der Waals surface area contributed by atoms with Crippen LogP contribution in [0.4, 0.5) is 33.0 Å². The number of aryl methyl sites for hydroxylation is 2. The summed E-state index contributed by atoms with van der Waals surface area (Å²) in [5, 5.41) is 23.6. The fourth-order valence-electron chi connectivity index (χ4n) is 5.85. The lowest BCUT2D eigenvalue weighted by molar-refractivity contribution is -0.677. The highest BCUT2D eigenvalue weighted by Gasteiger charge is 2.12. The highest BCUT2D eigenvalue weighted by Crippen LogP contribution is 2.25. The zero-order valence-electron chi connectivity index (χ0n) is 34.7. The normalized spacial score (nSPS) is 11.5. The molecular weight excluding hydrogens is 853 g/mol. The van der Waals surface area contributed by atoms with Crippen molar-refractivity contribution >= 4 is 75.9 Å². The van der Waals surface area contributed by atoms with Crippen LogP contribution in [0.25, 0.3) is 0 Å². The van der Waals surface area contributed by atoms with Crippen LogP contribution in [0.3, 0.4) is 0 Å². The smallest absolute Gasteiger partial charge is 0.408 e. The molecule has 0 fully saturated rings. The van der Waals surface area contributed by atoms with Crippen molar-refractivity contribution < 1.29 is 35.1 Å². The van der Waals surface area contributed by atoms with E-state index in [2.05, 4.69) is 91.4 Å². The van der Waals surface area contributed by atoms with E-state index in [0.29, 0.717) is 11.1 Å². The maximum atomic E-state index is 10.2. The number of benzene rings is 4. The predicted octanol–water partition coefficient (Wildman–Crippen LogP) is 9.46. The molecule has 0 saturated carbocycles. The quantitative estimate of drug-likeness (QED) is 0.0465. The minimum atomic E-state index is -4.13. The Bertz CT molecular complexity index is 2290. The minimum Gasteiger partial charge on any atom is -0.748 e. The Kier molecular flexibility index (Phi) is 19.8. The molecule has 0 unspecified atom stereocenters. The van der Waals surface area contributed by atoms with Gasteiger partial charge < -0.3 is 18.9 Å². The average molecular weight is 905 g/mol. The molecule has 4 aromatic carbocycles. The Morgan fingerprint density at radius 1 is 0.525 bits per heavy atom. The molecule has 0 atom stereocenters. The molecule has 2 aromatic heterocycles. The Labute approximate surface area is 367 Å². The van der Waals surface area contributed by atoms with Gasteiger partial charge in [-0.3, -0.25) is 0 Å². The van der Waals surface area contributed by atoms with Crippen molar-refractivity contribution in [2.24, 2.45) is 20.5 Å². The molecule has 0 amide bonds. The molecule has 324 valence electrons. The van der Waals surface area contributed by atoms with E-state index in [4.69, 9.17) is 0 Å². The highest BCUT2D eigenvalue weighted by molar-refractivity contribution is 7.85. The molecule has 61 heavy (non-hydrogen) atoms. The molecule has 0 aliphatic rings. The molecule has 0 aliphatic carbocycles. The molecule has 2 heterocycles. The molecule has 6 aromatic rings. The topological polar surface area (TPSA) is 178 Å². The summed E-state index contributed by atoms with van der Waals surface area (Å²) in [4.78, 5) is 4.82. The number of rotatable bonds is 18. The number of anilines is 2. The van der Waals surface area contributed by atoms with E-state index in [1.165, 1.54) is 11.4 Å². The molecule has 14 nitrogen and oxygen atoms in total. The van der Waals surface area contributed by atoms with Crippen molar-refractivity contribution in [3.63, 3.8) is 0 Å². The fourth-order valence-corrected chi connectivity index (χ4v) is 8.53. The van der Waals surface area contributed by atoms with Gasteiger partial charge in [-0.2, -0.15) is 0 Å². The first-order valence-corrected chi connectivity index (χ1v) is 24.6. The molecular formula is C43H52N8O6S4. The number of azo groups is 2. The van der Waals surface area contributed by atoms with Crippen LogP contribution < -0.4 is 18.9 Å². The van der Waals surface area contributed by atoms with Crippen molar-refractivity contribution in [1.29, 1.82) is 0 Å². The van der Waals surface area contributed by atoms with E-state index in [0.717, 1.165) is 67.3 Å². The summed E-state index contributed by atoms with van der Waals surface area (Å²) in [6, 6.07) is 33.5. The lowest BCUT2D eigenvalue weighted by Gasteiger charge is -2.27. The second-order valence-corrected chi connectivity index (χ2v) is 17.8. The van der Waals surface area contributed by atoms with Gasteiger partial charge in [-0.05, 0) is 127 Å². The van der Waals surface area contributed by atoms with E-state index in [1.54, 1.807) is 83.3 Å². The van der Waals surface area contributed by atoms with E-state index in [-0.39, 0.29) is 0 Å². The van der Waals surface area contributed by atoms with Crippen LogP contribution in [0.1, 0.15) is 45.2 Å². The minimum absolute atomic E-state index is 0.423. The third-order valence-corrected chi connectivity index (χ3v) is 11.9. The number of hydrogen-bond donors (Lipinski definition) is 0. The zero-order chi connectivity index (χ0) is 44.1. The van der Waals surface area contributed by atoms with Gasteiger partial charge in [-0.25, -0.2) is 26.0 Å². The molecule has 0 radical (unpaired) electrons. The van der Waals surface area contributed by atoms with Gasteiger partial charge in [0, 0.05) is 48.3 Å². The van der Waals surface area contributed by atoms with Crippen LogP contribution in [0.2, 0.25) is 0 Å². The number of thiazole rings is 2. The van der Waals surface area contributed by atoms with E-state index >= 15 is 0 Å². The van der Waals surface area contributed by atoms with E-state index in [9.17, 15) is 25.9 Å². The first kappa shape index (κ1) is 48.4. The van der Waals surface area contributed by atoms with Crippen LogP contribution in [-0.2, 0) is 44.8 Å². The van der Waals surface area contributed by atoms with Crippen molar-refractivity contribution in [3.8, 4) is 0 Å². The van der Waals surface area contributed by atoms with Crippen LogP contribution in [0, 0.1) is 0 Å². The molecule has 0 aliphatic heterocycles. The molecule has 0 N–H and O–H groups in total. The number of aromatic nitrogens is 2. The van der Waals surface area contributed by atoms with Crippen molar-refractivity contribution in [2.45, 2.75) is 58.7 Å². The summed E-state index contributed by atoms with van der Waals surface area (Å²) in [5.41, 5.74) is 5.22. The molecule has 6 rings (SSSR count). The zero-order valence-corrected chi connectivity index (χ0v) is 38.0. The maximum Gasteiger partial charge on any atom is 0.408 e. The summed E-state index contributed by atoms with van der Waals surface area (Å²) in [6.45, 7) is 14.3. The lowest BCUT2D eigenvalue weighted by atomic mass is 10.2. The molecule has 18 heteroatoms. The molecule has 0 spiro atoms. The summed E-state index contributed by atoms with van der Waals surface area (Å²) in [5.74, 6) is -0.846. The van der Waals surface area contributed by atoms with Gasteiger partial charge in [0.2, 0.25) is 0 Å². The first-order valence-electron chi connectivity index (χ1n) is 19.7. The number of nitrogens with zero attached hydrogens (tertiary/aromatic N) is 8. The Hall–Kier alpha value is -5.24. The van der Waals surface area contributed by atoms with Crippen LogP contribution >= 0.6 is 22.7 Å². The standard InChI is InChI=1S/C29H38N8S2.2C7H8O3S/c1-5-34(26-14-10-24(11-15-26)30-32-28-36(7-3)20-22-38-28)18-9-19-35(6-2)27-16-12-25(13-17-27)31-33-29-37(8-4)21-23-39-29;2*8-11(9,10)6-7-4-2-1-3-5-7/h10-17,20-23H,5-9,18-19H2,1-4H3;2*1-5H,6H2,(H,8,9,10)/q+2;;/p-2. The van der Waals surface area contributed by atoms with Gasteiger partial charge in [-0.15, -0.1) is 0 Å². The van der Waals surface area contributed by atoms with Gasteiger partial charge in [0.15, 0.2) is 0 Å². The van der Waals surface area contributed by atoms with Gasteiger partial charge in [0.1, 0.15) is 23.8 Å². The molecule has 0 bridgehead atoms.